The van der Waals surface area contributed by atoms with Gasteiger partial charge in [-0.05, 0) is 26.2 Å². The molecule has 0 aliphatic heterocycles. The van der Waals surface area contributed by atoms with Crippen LogP contribution in [0.3, 0.4) is 0 Å². The van der Waals surface area contributed by atoms with E-state index in [2.05, 4.69) is 24.3 Å². The van der Waals surface area contributed by atoms with Crippen LogP contribution >= 0.6 is 11.6 Å². The molecule has 0 unspecified atom stereocenters. The summed E-state index contributed by atoms with van der Waals surface area (Å²) < 4.78 is 1.99. The van der Waals surface area contributed by atoms with Gasteiger partial charge in [-0.25, -0.2) is 0 Å². The van der Waals surface area contributed by atoms with E-state index in [1.165, 1.54) is 19.3 Å². The first kappa shape index (κ1) is 16.8. The van der Waals surface area contributed by atoms with Gasteiger partial charge in [0, 0.05) is 31.7 Å². The smallest absolute Gasteiger partial charge is 0.0863 e. The van der Waals surface area contributed by atoms with E-state index in [9.17, 15) is 5.11 Å². The lowest BCUT2D eigenvalue weighted by atomic mass is 9.74. The lowest BCUT2D eigenvalue weighted by Crippen LogP contribution is -2.39. The van der Waals surface area contributed by atoms with E-state index in [0.717, 1.165) is 55.3 Å². The van der Waals surface area contributed by atoms with Gasteiger partial charge in [0.1, 0.15) is 0 Å². The second-order valence-electron chi connectivity index (χ2n) is 6.20. The monoisotopic (exact) mass is 313 g/mol. The van der Waals surface area contributed by atoms with Crippen molar-refractivity contribution in [3.05, 3.63) is 16.4 Å². The molecule has 0 radical (unpaired) electrons. The maximum absolute atomic E-state index is 9.75. The normalized spacial score (nSPS) is 18.1. The molecule has 0 amide bonds. The fourth-order valence-electron chi connectivity index (χ4n) is 3.32. The molecule has 5 heteroatoms. The van der Waals surface area contributed by atoms with Crippen LogP contribution in [0, 0.1) is 5.41 Å². The number of halogens is 1. The highest BCUT2D eigenvalue weighted by atomic mass is 35.5. The van der Waals surface area contributed by atoms with Gasteiger partial charge in [-0.15, -0.1) is 0 Å². The molecule has 0 saturated heterocycles. The molecule has 1 aromatic heterocycles. The second-order valence-corrected chi connectivity index (χ2v) is 6.58. The molecule has 1 heterocycles. The van der Waals surface area contributed by atoms with E-state index < -0.39 is 0 Å². The topological polar surface area (TPSA) is 50.1 Å². The van der Waals surface area contributed by atoms with Crippen LogP contribution in [0.25, 0.3) is 0 Å². The second kappa shape index (κ2) is 7.61. The first-order valence-corrected chi connectivity index (χ1v) is 8.59. The van der Waals surface area contributed by atoms with Gasteiger partial charge in [-0.3, -0.25) is 4.68 Å². The van der Waals surface area contributed by atoms with Gasteiger partial charge in [0.15, 0.2) is 0 Å². The van der Waals surface area contributed by atoms with Gasteiger partial charge in [0.05, 0.1) is 16.4 Å². The summed E-state index contributed by atoms with van der Waals surface area (Å²) in [5.74, 6) is 0. The summed E-state index contributed by atoms with van der Waals surface area (Å²) in [4.78, 5) is 0. The first-order valence-electron chi connectivity index (χ1n) is 8.21. The zero-order valence-electron chi connectivity index (χ0n) is 13.3. The van der Waals surface area contributed by atoms with Crippen molar-refractivity contribution >= 4 is 11.6 Å². The van der Waals surface area contributed by atoms with Gasteiger partial charge in [-0.2, -0.15) is 5.10 Å². The van der Waals surface area contributed by atoms with Gasteiger partial charge in [0.25, 0.3) is 0 Å². The van der Waals surface area contributed by atoms with Gasteiger partial charge < -0.3 is 10.4 Å². The van der Waals surface area contributed by atoms with Crippen LogP contribution in [-0.2, 0) is 19.5 Å². The largest absolute Gasteiger partial charge is 0.396 e. The van der Waals surface area contributed by atoms with E-state index in [1.807, 2.05) is 4.68 Å². The predicted octanol–water partition coefficient (Wildman–Crippen LogP) is 3.15. The molecule has 0 atom stereocenters. The van der Waals surface area contributed by atoms with Crippen LogP contribution < -0.4 is 5.32 Å². The molecule has 1 saturated carbocycles. The lowest BCUT2D eigenvalue weighted by Gasteiger charge is -2.35. The maximum atomic E-state index is 9.75. The maximum Gasteiger partial charge on any atom is 0.0863 e. The molecule has 21 heavy (non-hydrogen) atoms. The van der Waals surface area contributed by atoms with Crippen molar-refractivity contribution in [2.24, 2.45) is 5.41 Å². The fraction of sp³-hybridized carbons (Fsp3) is 0.812. The average Bonchev–Trinajstić information content (AvgIpc) is 2.84. The SMILES string of the molecule is CCc1nn(CC)c(CNCC2(CO)CCCCC2)c1Cl. The van der Waals surface area contributed by atoms with Crippen LogP contribution in [0.5, 0.6) is 0 Å². The molecule has 2 rings (SSSR count). The molecular weight excluding hydrogens is 286 g/mol. The highest BCUT2D eigenvalue weighted by Crippen LogP contribution is 2.35. The minimum absolute atomic E-state index is 0.0649. The quantitative estimate of drug-likeness (QED) is 0.813. The minimum atomic E-state index is 0.0649. The number of nitrogens with zero attached hydrogens (tertiary/aromatic N) is 2. The predicted molar refractivity (Wildman–Crippen MR) is 86.6 cm³/mol. The van der Waals surface area contributed by atoms with Crippen molar-refractivity contribution in [2.75, 3.05) is 13.2 Å². The first-order chi connectivity index (χ1) is 10.2. The third-order valence-electron chi connectivity index (χ3n) is 4.74. The van der Waals surface area contributed by atoms with Crippen LogP contribution in [0.15, 0.2) is 0 Å². The lowest BCUT2D eigenvalue weighted by molar-refractivity contribution is 0.0809. The molecule has 1 aliphatic carbocycles. The number of aromatic nitrogens is 2. The Kier molecular flexibility index (Phi) is 6.08. The standard InChI is InChI=1S/C16H28ClN3O/c1-3-13-15(17)14(20(4-2)19-13)10-18-11-16(12-21)8-6-5-7-9-16/h18,21H,3-12H2,1-2H3. The summed E-state index contributed by atoms with van der Waals surface area (Å²) in [6, 6.07) is 0. The Morgan fingerprint density at radius 2 is 2.00 bits per heavy atom. The highest BCUT2D eigenvalue weighted by Gasteiger charge is 2.31. The molecule has 0 aromatic carbocycles. The van der Waals surface area contributed by atoms with Gasteiger partial charge >= 0.3 is 0 Å². The Morgan fingerprint density at radius 3 is 2.57 bits per heavy atom. The van der Waals surface area contributed by atoms with Crippen LogP contribution in [0.2, 0.25) is 5.02 Å². The third-order valence-corrected chi connectivity index (χ3v) is 5.17. The zero-order chi connectivity index (χ0) is 15.3. The van der Waals surface area contributed by atoms with Gasteiger partial charge in [-0.1, -0.05) is 37.8 Å². The van der Waals surface area contributed by atoms with E-state index in [1.54, 1.807) is 0 Å². The van der Waals surface area contributed by atoms with Crippen molar-refractivity contribution in [3.63, 3.8) is 0 Å². The van der Waals surface area contributed by atoms with E-state index in [-0.39, 0.29) is 12.0 Å². The Bertz CT molecular complexity index is 453. The number of aliphatic hydroxyl groups is 1. The summed E-state index contributed by atoms with van der Waals surface area (Å²) in [6.45, 7) is 6.86. The van der Waals surface area contributed by atoms with Crippen molar-refractivity contribution < 1.29 is 5.11 Å². The minimum Gasteiger partial charge on any atom is -0.396 e. The van der Waals surface area contributed by atoms with Crippen molar-refractivity contribution in [2.45, 2.75) is 65.5 Å². The van der Waals surface area contributed by atoms with E-state index in [4.69, 9.17) is 11.6 Å². The highest BCUT2D eigenvalue weighted by molar-refractivity contribution is 6.31. The number of nitrogens with one attached hydrogen (secondary N) is 1. The fourth-order valence-corrected chi connectivity index (χ4v) is 3.66. The molecule has 1 fully saturated rings. The number of hydrogen-bond donors (Lipinski definition) is 2. The number of aliphatic hydroxyl groups excluding tert-OH is 1. The molecule has 1 aliphatic rings. The molecule has 120 valence electrons. The summed E-state index contributed by atoms with van der Waals surface area (Å²) in [6.07, 6.45) is 6.87. The summed E-state index contributed by atoms with van der Waals surface area (Å²) in [5.41, 5.74) is 2.11. The molecule has 1 aromatic rings. The Balaban J connectivity index is 1.98. The molecule has 0 bridgehead atoms. The molecular formula is C16H28ClN3O. The van der Waals surface area contributed by atoms with Crippen molar-refractivity contribution in [1.82, 2.24) is 15.1 Å². The molecule has 2 N–H and O–H groups in total. The summed E-state index contributed by atoms with van der Waals surface area (Å²) in [5, 5.41) is 18.6. The Morgan fingerprint density at radius 1 is 1.29 bits per heavy atom. The van der Waals surface area contributed by atoms with Crippen molar-refractivity contribution in [1.29, 1.82) is 0 Å². The number of hydrogen-bond acceptors (Lipinski definition) is 3. The molecule has 0 spiro atoms. The van der Waals surface area contributed by atoms with E-state index >= 15 is 0 Å². The zero-order valence-corrected chi connectivity index (χ0v) is 14.0. The van der Waals surface area contributed by atoms with Gasteiger partial charge in [0.2, 0.25) is 0 Å². The van der Waals surface area contributed by atoms with Crippen LogP contribution in [-0.4, -0.2) is 28.0 Å². The average molecular weight is 314 g/mol. The van der Waals surface area contributed by atoms with Crippen molar-refractivity contribution in [3.8, 4) is 0 Å². The van der Waals surface area contributed by atoms with Crippen LogP contribution in [0.4, 0.5) is 0 Å². The molecule has 4 nitrogen and oxygen atoms in total. The van der Waals surface area contributed by atoms with Crippen LogP contribution in [0.1, 0.15) is 57.3 Å². The number of rotatable bonds is 7. The third kappa shape index (κ3) is 3.79. The Hall–Kier alpha value is -0.580. The van der Waals surface area contributed by atoms with E-state index in [0.29, 0.717) is 0 Å². The Labute approximate surface area is 132 Å². The number of aryl methyl sites for hydroxylation is 2. The summed E-state index contributed by atoms with van der Waals surface area (Å²) in [7, 11) is 0. The summed E-state index contributed by atoms with van der Waals surface area (Å²) >= 11 is 6.43.